The van der Waals surface area contributed by atoms with Gasteiger partial charge >= 0.3 is 5.97 Å². The normalized spacial score (nSPS) is 10.6. The van der Waals surface area contributed by atoms with Crippen LogP contribution in [0.1, 0.15) is 21.8 Å². The Hall–Kier alpha value is -2.66. The van der Waals surface area contributed by atoms with Crippen molar-refractivity contribution in [1.29, 1.82) is 0 Å². The summed E-state index contributed by atoms with van der Waals surface area (Å²) in [6.07, 6.45) is 0. The minimum atomic E-state index is -0.846. The Labute approximate surface area is 142 Å². The molecule has 6 heteroatoms. The smallest absolute Gasteiger partial charge is 0.343 e. The second-order valence-electron chi connectivity index (χ2n) is 5.06. The SMILES string of the molecule is Cc1oc(-c2ccccc2)nc1COC(=O)c1c(F)cccc1Cl. The molecule has 0 aliphatic rings. The maximum atomic E-state index is 13.7. The molecule has 1 heterocycles. The molecule has 0 aliphatic heterocycles. The first kappa shape index (κ1) is 16.2. The fraction of sp³-hybridized carbons (Fsp3) is 0.111. The predicted octanol–water partition coefficient (Wildman–Crippen LogP) is 4.80. The number of benzene rings is 2. The molecule has 2 aromatic carbocycles. The van der Waals surface area contributed by atoms with Crippen LogP contribution in [0.15, 0.2) is 52.9 Å². The van der Waals surface area contributed by atoms with E-state index in [1.165, 1.54) is 12.1 Å². The number of carbonyl (C=O) groups is 1. The standard InChI is InChI=1S/C18H13ClFNO3/c1-11-15(21-17(24-11)12-6-3-2-4-7-12)10-23-18(22)16-13(19)8-5-9-14(16)20/h2-9H,10H2,1H3. The summed E-state index contributed by atoms with van der Waals surface area (Å²) < 4.78 is 24.4. The molecule has 3 aromatic rings. The van der Waals surface area contributed by atoms with Gasteiger partial charge in [0.25, 0.3) is 0 Å². The molecule has 122 valence electrons. The van der Waals surface area contributed by atoms with E-state index in [-0.39, 0.29) is 17.2 Å². The third kappa shape index (κ3) is 3.31. The molecular weight excluding hydrogens is 333 g/mol. The number of esters is 1. The maximum absolute atomic E-state index is 13.7. The van der Waals surface area contributed by atoms with E-state index in [2.05, 4.69) is 4.98 Å². The van der Waals surface area contributed by atoms with Gasteiger partial charge in [-0.05, 0) is 31.2 Å². The highest BCUT2D eigenvalue weighted by Crippen LogP contribution is 2.23. The Morgan fingerprint density at radius 2 is 1.96 bits per heavy atom. The lowest BCUT2D eigenvalue weighted by molar-refractivity contribution is 0.0462. The maximum Gasteiger partial charge on any atom is 0.343 e. The third-order valence-corrected chi connectivity index (χ3v) is 3.74. The van der Waals surface area contributed by atoms with Gasteiger partial charge in [0.15, 0.2) is 0 Å². The number of oxazole rings is 1. The van der Waals surface area contributed by atoms with E-state index < -0.39 is 11.8 Å². The lowest BCUT2D eigenvalue weighted by Crippen LogP contribution is -2.09. The van der Waals surface area contributed by atoms with Crippen LogP contribution in [-0.2, 0) is 11.3 Å². The number of nitrogens with zero attached hydrogens (tertiary/aromatic N) is 1. The summed E-state index contributed by atoms with van der Waals surface area (Å²) in [6, 6.07) is 13.3. The molecule has 1 aromatic heterocycles. The highest BCUT2D eigenvalue weighted by atomic mass is 35.5. The molecule has 0 aliphatic carbocycles. The minimum Gasteiger partial charge on any atom is -0.455 e. The Bertz CT molecular complexity index is 857. The highest BCUT2D eigenvalue weighted by molar-refractivity contribution is 6.33. The van der Waals surface area contributed by atoms with E-state index in [1.54, 1.807) is 6.92 Å². The average molecular weight is 346 g/mol. The summed E-state index contributed by atoms with van der Waals surface area (Å²) in [7, 11) is 0. The summed E-state index contributed by atoms with van der Waals surface area (Å²) in [5.41, 5.74) is 0.994. The molecule has 0 N–H and O–H groups in total. The largest absolute Gasteiger partial charge is 0.455 e. The quantitative estimate of drug-likeness (QED) is 0.637. The lowest BCUT2D eigenvalue weighted by Gasteiger charge is -2.05. The molecule has 0 saturated heterocycles. The summed E-state index contributed by atoms with van der Waals surface area (Å²) in [6.45, 7) is 1.59. The van der Waals surface area contributed by atoms with Crippen molar-refractivity contribution in [1.82, 2.24) is 4.98 Å². The molecule has 4 nitrogen and oxygen atoms in total. The van der Waals surface area contributed by atoms with Crippen molar-refractivity contribution in [3.05, 3.63) is 76.4 Å². The van der Waals surface area contributed by atoms with Crippen LogP contribution in [0.2, 0.25) is 5.02 Å². The van der Waals surface area contributed by atoms with Gasteiger partial charge in [0.1, 0.15) is 29.4 Å². The van der Waals surface area contributed by atoms with E-state index in [0.717, 1.165) is 11.6 Å². The number of halogens is 2. The number of ether oxygens (including phenoxy) is 1. The van der Waals surface area contributed by atoms with E-state index in [4.69, 9.17) is 20.8 Å². The number of rotatable bonds is 4. The first-order valence-electron chi connectivity index (χ1n) is 7.19. The molecular formula is C18H13ClFNO3. The van der Waals surface area contributed by atoms with Gasteiger partial charge in [-0.25, -0.2) is 14.2 Å². The Balaban J connectivity index is 1.76. The first-order chi connectivity index (χ1) is 11.6. The van der Waals surface area contributed by atoms with Gasteiger partial charge in [-0.2, -0.15) is 0 Å². The van der Waals surface area contributed by atoms with Gasteiger partial charge in [0, 0.05) is 5.56 Å². The van der Waals surface area contributed by atoms with Crippen LogP contribution in [0, 0.1) is 12.7 Å². The zero-order valence-corrected chi connectivity index (χ0v) is 13.5. The second-order valence-corrected chi connectivity index (χ2v) is 5.47. The van der Waals surface area contributed by atoms with Crippen molar-refractivity contribution in [3.63, 3.8) is 0 Å². The van der Waals surface area contributed by atoms with Crippen molar-refractivity contribution in [2.24, 2.45) is 0 Å². The highest BCUT2D eigenvalue weighted by Gasteiger charge is 2.19. The van der Waals surface area contributed by atoms with Crippen LogP contribution in [0.4, 0.5) is 4.39 Å². The molecule has 0 bridgehead atoms. The van der Waals surface area contributed by atoms with Gasteiger partial charge < -0.3 is 9.15 Å². The number of aryl methyl sites for hydroxylation is 1. The summed E-state index contributed by atoms with van der Waals surface area (Å²) in [5, 5.41) is 0.00171. The molecule has 0 spiro atoms. The molecule has 0 atom stereocenters. The fourth-order valence-corrected chi connectivity index (χ4v) is 2.41. The third-order valence-electron chi connectivity index (χ3n) is 3.42. The molecule has 0 radical (unpaired) electrons. The van der Waals surface area contributed by atoms with E-state index >= 15 is 0 Å². The van der Waals surface area contributed by atoms with E-state index in [1.807, 2.05) is 30.3 Å². The van der Waals surface area contributed by atoms with E-state index in [9.17, 15) is 9.18 Å². The fourth-order valence-electron chi connectivity index (χ4n) is 2.17. The Kier molecular flexibility index (Phi) is 4.62. The minimum absolute atomic E-state index is 0.00171. The van der Waals surface area contributed by atoms with Crippen molar-refractivity contribution in [2.75, 3.05) is 0 Å². The summed E-state index contributed by atoms with van der Waals surface area (Å²) in [5.74, 6) is -0.611. The Morgan fingerprint density at radius 1 is 1.21 bits per heavy atom. The zero-order valence-electron chi connectivity index (χ0n) is 12.8. The molecule has 0 fully saturated rings. The molecule has 0 amide bonds. The van der Waals surface area contributed by atoms with E-state index in [0.29, 0.717) is 17.3 Å². The van der Waals surface area contributed by atoms with Crippen molar-refractivity contribution >= 4 is 17.6 Å². The monoisotopic (exact) mass is 345 g/mol. The van der Waals surface area contributed by atoms with Crippen LogP contribution in [0.5, 0.6) is 0 Å². The molecule has 24 heavy (non-hydrogen) atoms. The van der Waals surface area contributed by atoms with Gasteiger partial charge in [0.2, 0.25) is 5.89 Å². The van der Waals surface area contributed by atoms with Crippen LogP contribution in [-0.4, -0.2) is 11.0 Å². The molecule has 0 unspecified atom stereocenters. The number of hydrogen-bond donors (Lipinski definition) is 0. The average Bonchev–Trinajstić information content (AvgIpc) is 2.94. The predicted molar refractivity (Wildman–Crippen MR) is 87.2 cm³/mol. The molecule has 0 saturated carbocycles. The summed E-state index contributed by atoms with van der Waals surface area (Å²) >= 11 is 5.85. The number of aromatic nitrogens is 1. The van der Waals surface area contributed by atoms with Crippen LogP contribution in [0.25, 0.3) is 11.5 Å². The van der Waals surface area contributed by atoms with Gasteiger partial charge in [-0.1, -0.05) is 35.9 Å². The lowest BCUT2D eigenvalue weighted by atomic mass is 10.2. The zero-order chi connectivity index (χ0) is 17.1. The van der Waals surface area contributed by atoms with Crippen LogP contribution < -0.4 is 0 Å². The first-order valence-corrected chi connectivity index (χ1v) is 7.57. The van der Waals surface area contributed by atoms with Gasteiger partial charge in [0.05, 0.1) is 5.02 Å². The van der Waals surface area contributed by atoms with Crippen molar-refractivity contribution in [2.45, 2.75) is 13.5 Å². The topological polar surface area (TPSA) is 52.3 Å². The second kappa shape index (κ2) is 6.84. The van der Waals surface area contributed by atoms with Gasteiger partial charge in [-0.3, -0.25) is 0 Å². The van der Waals surface area contributed by atoms with Crippen LogP contribution >= 0.6 is 11.6 Å². The van der Waals surface area contributed by atoms with Crippen molar-refractivity contribution < 1.29 is 18.3 Å². The van der Waals surface area contributed by atoms with Gasteiger partial charge in [-0.15, -0.1) is 0 Å². The summed E-state index contributed by atoms with van der Waals surface area (Å²) in [4.78, 5) is 16.4. The van der Waals surface area contributed by atoms with Crippen LogP contribution in [0.3, 0.4) is 0 Å². The van der Waals surface area contributed by atoms with Crippen molar-refractivity contribution in [3.8, 4) is 11.5 Å². The molecule has 3 rings (SSSR count). The number of hydrogen-bond acceptors (Lipinski definition) is 4. The Morgan fingerprint density at radius 3 is 2.67 bits per heavy atom. The number of carbonyl (C=O) groups excluding carboxylic acids is 1.